The molecule has 0 aromatic heterocycles. The molecule has 0 bridgehead atoms. The summed E-state index contributed by atoms with van der Waals surface area (Å²) in [7, 11) is 3.42. The fraction of sp³-hybridized carbons (Fsp3) is 0.333. The molecular formula is C18H21NO2. The SMILES string of the molecule is COc1ccc(N2CCc3cc(OC)ccc3C2C)cc1. The average Bonchev–Trinajstić information content (AvgIpc) is 2.55. The summed E-state index contributed by atoms with van der Waals surface area (Å²) in [6.07, 6.45) is 1.04. The predicted molar refractivity (Wildman–Crippen MR) is 85.5 cm³/mol. The van der Waals surface area contributed by atoms with Crippen LogP contribution in [0.3, 0.4) is 0 Å². The molecule has 1 aliphatic rings. The zero-order chi connectivity index (χ0) is 14.8. The molecule has 0 saturated carbocycles. The number of anilines is 1. The van der Waals surface area contributed by atoms with Gasteiger partial charge in [0.25, 0.3) is 0 Å². The lowest BCUT2D eigenvalue weighted by Gasteiger charge is -2.37. The van der Waals surface area contributed by atoms with Gasteiger partial charge in [0.2, 0.25) is 0 Å². The van der Waals surface area contributed by atoms with Gasteiger partial charge in [-0.1, -0.05) is 6.07 Å². The summed E-state index contributed by atoms with van der Waals surface area (Å²) in [6, 6.07) is 15.1. The van der Waals surface area contributed by atoms with Crippen molar-refractivity contribution in [3.63, 3.8) is 0 Å². The van der Waals surface area contributed by atoms with Crippen LogP contribution in [0, 0.1) is 0 Å². The van der Waals surface area contributed by atoms with Crippen molar-refractivity contribution >= 4 is 5.69 Å². The normalized spacial score (nSPS) is 17.3. The van der Waals surface area contributed by atoms with Crippen molar-refractivity contribution in [1.82, 2.24) is 0 Å². The summed E-state index contributed by atoms with van der Waals surface area (Å²) < 4.78 is 10.6. The van der Waals surface area contributed by atoms with Crippen LogP contribution in [0.25, 0.3) is 0 Å². The van der Waals surface area contributed by atoms with E-state index in [4.69, 9.17) is 9.47 Å². The molecule has 1 aliphatic heterocycles. The number of fused-ring (bicyclic) bond motifs is 1. The lowest BCUT2D eigenvalue weighted by atomic mass is 9.93. The molecule has 0 spiro atoms. The van der Waals surface area contributed by atoms with Crippen LogP contribution in [0.15, 0.2) is 42.5 Å². The maximum atomic E-state index is 5.33. The minimum atomic E-state index is 0.369. The van der Waals surface area contributed by atoms with Gasteiger partial charge in [0, 0.05) is 12.2 Å². The van der Waals surface area contributed by atoms with Crippen LogP contribution >= 0.6 is 0 Å². The molecule has 0 amide bonds. The number of hydrogen-bond donors (Lipinski definition) is 0. The largest absolute Gasteiger partial charge is 0.497 e. The molecule has 110 valence electrons. The zero-order valence-electron chi connectivity index (χ0n) is 12.8. The molecule has 0 radical (unpaired) electrons. The first-order valence-corrected chi connectivity index (χ1v) is 7.30. The highest BCUT2D eigenvalue weighted by Crippen LogP contribution is 2.35. The third kappa shape index (κ3) is 2.56. The Labute approximate surface area is 126 Å². The topological polar surface area (TPSA) is 21.7 Å². The summed E-state index contributed by atoms with van der Waals surface area (Å²) in [6.45, 7) is 3.28. The lowest BCUT2D eigenvalue weighted by molar-refractivity contribution is 0.413. The molecule has 2 aromatic carbocycles. The Kier molecular flexibility index (Phi) is 3.74. The molecule has 1 unspecified atom stereocenters. The van der Waals surface area contributed by atoms with E-state index >= 15 is 0 Å². The van der Waals surface area contributed by atoms with Crippen LogP contribution in [0.1, 0.15) is 24.1 Å². The van der Waals surface area contributed by atoms with Crippen molar-refractivity contribution in [1.29, 1.82) is 0 Å². The Bertz CT molecular complexity index is 622. The molecule has 0 N–H and O–H groups in total. The Morgan fingerprint density at radius 2 is 1.62 bits per heavy atom. The van der Waals surface area contributed by atoms with E-state index in [-0.39, 0.29) is 0 Å². The van der Waals surface area contributed by atoms with Gasteiger partial charge in [0.15, 0.2) is 0 Å². The number of hydrogen-bond acceptors (Lipinski definition) is 3. The molecule has 0 saturated heterocycles. The van der Waals surface area contributed by atoms with E-state index in [0.717, 1.165) is 24.5 Å². The van der Waals surface area contributed by atoms with Crippen LogP contribution in [0.4, 0.5) is 5.69 Å². The molecule has 0 aliphatic carbocycles. The number of nitrogens with zero attached hydrogens (tertiary/aromatic N) is 1. The van der Waals surface area contributed by atoms with Gasteiger partial charge in [-0.15, -0.1) is 0 Å². The van der Waals surface area contributed by atoms with E-state index in [1.165, 1.54) is 16.8 Å². The molecule has 3 rings (SSSR count). The molecular weight excluding hydrogens is 262 g/mol. The number of ether oxygens (including phenoxy) is 2. The quantitative estimate of drug-likeness (QED) is 0.854. The standard InChI is InChI=1S/C18H21NO2/c1-13-18-9-8-17(21-3)12-14(18)10-11-19(13)15-4-6-16(20-2)7-5-15/h4-9,12-13H,10-11H2,1-3H3. The van der Waals surface area contributed by atoms with E-state index in [0.29, 0.717) is 6.04 Å². The van der Waals surface area contributed by atoms with E-state index in [2.05, 4.69) is 36.1 Å². The lowest BCUT2D eigenvalue weighted by Crippen LogP contribution is -2.33. The Hall–Kier alpha value is -2.16. The highest BCUT2D eigenvalue weighted by Gasteiger charge is 2.24. The molecule has 2 aromatic rings. The number of benzene rings is 2. The summed E-state index contributed by atoms with van der Waals surface area (Å²) in [4.78, 5) is 2.44. The second-order valence-electron chi connectivity index (χ2n) is 5.38. The summed E-state index contributed by atoms with van der Waals surface area (Å²) in [5.41, 5.74) is 4.02. The van der Waals surface area contributed by atoms with E-state index in [9.17, 15) is 0 Å². The molecule has 0 fully saturated rings. The van der Waals surface area contributed by atoms with Crippen molar-refractivity contribution in [2.75, 3.05) is 25.7 Å². The van der Waals surface area contributed by atoms with Crippen LogP contribution in [0.2, 0.25) is 0 Å². The first kappa shape index (κ1) is 13.8. The molecule has 1 heterocycles. The van der Waals surface area contributed by atoms with Crippen molar-refractivity contribution in [2.45, 2.75) is 19.4 Å². The molecule has 3 heteroatoms. The second-order valence-corrected chi connectivity index (χ2v) is 5.38. The first-order valence-electron chi connectivity index (χ1n) is 7.30. The van der Waals surface area contributed by atoms with Crippen molar-refractivity contribution in [2.24, 2.45) is 0 Å². The Morgan fingerprint density at radius 3 is 2.29 bits per heavy atom. The third-order valence-corrected chi connectivity index (χ3v) is 4.29. The van der Waals surface area contributed by atoms with Crippen molar-refractivity contribution in [3.05, 3.63) is 53.6 Å². The van der Waals surface area contributed by atoms with Gasteiger partial charge in [-0.3, -0.25) is 0 Å². The van der Waals surface area contributed by atoms with Gasteiger partial charge < -0.3 is 14.4 Å². The van der Waals surface area contributed by atoms with E-state index in [1.54, 1.807) is 14.2 Å². The van der Waals surface area contributed by atoms with Gasteiger partial charge in [-0.2, -0.15) is 0 Å². The highest BCUT2D eigenvalue weighted by atomic mass is 16.5. The minimum absolute atomic E-state index is 0.369. The van der Waals surface area contributed by atoms with Crippen LogP contribution in [-0.4, -0.2) is 20.8 Å². The van der Waals surface area contributed by atoms with Gasteiger partial charge in [0.1, 0.15) is 11.5 Å². The van der Waals surface area contributed by atoms with Gasteiger partial charge in [-0.25, -0.2) is 0 Å². The number of methoxy groups -OCH3 is 2. The monoisotopic (exact) mass is 283 g/mol. The molecule has 1 atom stereocenters. The van der Waals surface area contributed by atoms with Crippen LogP contribution < -0.4 is 14.4 Å². The highest BCUT2D eigenvalue weighted by molar-refractivity contribution is 5.54. The number of rotatable bonds is 3. The fourth-order valence-corrected chi connectivity index (χ4v) is 3.06. The second kappa shape index (κ2) is 5.68. The molecule has 21 heavy (non-hydrogen) atoms. The summed E-state index contributed by atoms with van der Waals surface area (Å²) in [5, 5.41) is 0. The maximum absolute atomic E-state index is 5.33. The fourth-order valence-electron chi connectivity index (χ4n) is 3.06. The van der Waals surface area contributed by atoms with Crippen LogP contribution in [0.5, 0.6) is 11.5 Å². The smallest absolute Gasteiger partial charge is 0.119 e. The Balaban J connectivity index is 1.88. The van der Waals surface area contributed by atoms with Gasteiger partial charge >= 0.3 is 0 Å². The van der Waals surface area contributed by atoms with E-state index in [1.807, 2.05) is 18.2 Å². The predicted octanol–water partition coefficient (Wildman–Crippen LogP) is 3.83. The minimum Gasteiger partial charge on any atom is -0.497 e. The maximum Gasteiger partial charge on any atom is 0.119 e. The third-order valence-electron chi connectivity index (χ3n) is 4.29. The van der Waals surface area contributed by atoms with Crippen molar-refractivity contribution < 1.29 is 9.47 Å². The van der Waals surface area contributed by atoms with Crippen molar-refractivity contribution in [3.8, 4) is 11.5 Å². The van der Waals surface area contributed by atoms with Gasteiger partial charge in [-0.05, 0) is 60.9 Å². The molecule has 3 nitrogen and oxygen atoms in total. The van der Waals surface area contributed by atoms with E-state index < -0.39 is 0 Å². The average molecular weight is 283 g/mol. The van der Waals surface area contributed by atoms with Gasteiger partial charge in [0.05, 0.1) is 20.3 Å². The van der Waals surface area contributed by atoms with Crippen LogP contribution in [-0.2, 0) is 6.42 Å². The Morgan fingerprint density at radius 1 is 0.952 bits per heavy atom. The summed E-state index contributed by atoms with van der Waals surface area (Å²) >= 11 is 0. The zero-order valence-corrected chi connectivity index (χ0v) is 12.8. The first-order chi connectivity index (χ1) is 10.2. The summed E-state index contributed by atoms with van der Waals surface area (Å²) in [5.74, 6) is 1.84.